The van der Waals surface area contributed by atoms with Gasteiger partial charge in [-0.05, 0) is 64.8 Å². The average molecular weight is 312 g/mol. The Bertz CT molecular complexity index is 873. The van der Waals surface area contributed by atoms with E-state index >= 15 is 0 Å². The molecule has 0 saturated carbocycles. The van der Waals surface area contributed by atoms with E-state index in [1.54, 1.807) is 12.1 Å². The molecular weight excluding hydrogens is 292 g/mol. The molecule has 3 aromatic rings. The maximum atomic E-state index is 9.66. The zero-order valence-electron chi connectivity index (χ0n) is 13.6. The maximum Gasteiger partial charge on any atom is 0.115 e. The molecule has 1 heteroatoms. The maximum absolute atomic E-state index is 9.66. The van der Waals surface area contributed by atoms with Gasteiger partial charge in [-0.25, -0.2) is 0 Å². The van der Waals surface area contributed by atoms with Crippen molar-refractivity contribution < 1.29 is 5.11 Å². The molecule has 3 aromatic carbocycles. The average Bonchev–Trinajstić information content (AvgIpc) is 2.65. The Morgan fingerprint density at radius 3 is 2.12 bits per heavy atom. The van der Waals surface area contributed by atoms with Crippen molar-refractivity contribution in [1.82, 2.24) is 0 Å². The molecule has 1 N–H and O–H groups in total. The fourth-order valence-electron chi connectivity index (χ4n) is 3.63. The third-order valence-electron chi connectivity index (χ3n) is 4.74. The molecule has 0 fully saturated rings. The van der Waals surface area contributed by atoms with Crippen molar-refractivity contribution in [1.29, 1.82) is 0 Å². The molecule has 0 unspecified atom stereocenters. The van der Waals surface area contributed by atoms with Crippen LogP contribution in [0, 0.1) is 0 Å². The van der Waals surface area contributed by atoms with Crippen molar-refractivity contribution >= 4 is 11.1 Å². The topological polar surface area (TPSA) is 20.2 Å². The fraction of sp³-hybridized carbons (Fsp3) is 0.130. The van der Waals surface area contributed by atoms with Crippen LogP contribution in [-0.4, -0.2) is 5.11 Å². The summed E-state index contributed by atoms with van der Waals surface area (Å²) >= 11 is 0. The third-order valence-corrected chi connectivity index (χ3v) is 4.74. The Labute approximate surface area is 142 Å². The number of fused-ring (bicyclic) bond motifs is 1. The number of hydrogen-bond acceptors (Lipinski definition) is 1. The summed E-state index contributed by atoms with van der Waals surface area (Å²) in [5.74, 6) is 0.306. The molecule has 1 nitrogen and oxygen atoms in total. The normalized spacial score (nSPS) is 15.7. The first kappa shape index (κ1) is 14.8. The molecule has 118 valence electrons. The minimum atomic E-state index is 0.306. The molecule has 0 radical (unpaired) electrons. The van der Waals surface area contributed by atoms with Gasteiger partial charge in [-0.2, -0.15) is 0 Å². The highest BCUT2D eigenvalue weighted by Gasteiger charge is 2.19. The number of aromatic hydroxyl groups is 1. The van der Waals surface area contributed by atoms with Gasteiger partial charge in [0.05, 0.1) is 0 Å². The van der Waals surface area contributed by atoms with Crippen LogP contribution in [0.4, 0.5) is 0 Å². The van der Waals surface area contributed by atoms with E-state index in [0.29, 0.717) is 5.75 Å². The van der Waals surface area contributed by atoms with Crippen LogP contribution in [-0.2, 0) is 6.42 Å². The lowest BCUT2D eigenvalue weighted by Crippen LogP contribution is -2.04. The van der Waals surface area contributed by atoms with Gasteiger partial charge in [0.15, 0.2) is 0 Å². The summed E-state index contributed by atoms with van der Waals surface area (Å²) in [6.45, 7) is 0. The van der Waals surface area contributed by atoms with Gasteiger partial charge in [0.25, 0.3) is 0 Å². The smallest absolute Gasteiger partial charge is 0.115 e. The number of aryl methyl sites for hydroxylation is 1. The second kappa shape index (κ2) is 6.37. The van der Waals surface area contributed by atoms with Crippen molar-refractivity contribution in [2.75, 3.05) is 0 Å². The molecule has 0 atom stereocenters. The quantitative estimate of drug-likeness (QED) is 0.644. The van der Waals surface area contributed by atoms with Crippen LogP contribution in [0.1, 0.15) is 35.1 Å². The van der Waals surface area contributed by atoms with E-state index in [9.17, 15) is 5.11 Å². The second-order valence-corrected chi connectivity index (χ2v) is 6.28. The molecule has 1 aliphatic carbocycles. The van der Waals surface area contributed by atoms with E-state index in [1.165, 1.54) is 34.3 Å². The van der Waals surface area contributed by atoms with Gasteiger partial charge in [0.2, 0.25) is 0 Å². The number of phenols is 1. The highest BCUT2D eigenvalue weighted by atomic mass is 16.3. The fourth-order valence-corrected chi connectivity index (χ4v) is 3.63. The molecule has 0 bridgehead atoms. The molecule has 0 spiro atoms. The summed E-state index contributed by atoms with van der Waals surface area (Å²) in [5.41, 5.74) is 7.89. The molecule has 0 aromatic heterocycles. The number of rotatable bonds is 2. The summed E-state index contributed by atoms with van der Waals surface area (Å²) in [5, 5.41) is 9.66. The van der Waals surface area contributed by atoms with Crippen LogP contribution in [0.3, 0.4) is 0 Å². The van der Waals surface area contributed by atoms with E-state index in [4.69, 9.17) is 0 Å². The molecule has 0 aliphatic heterocycles. The highest BCUT2D eigenvalue weighted by molar-refractivity contribution is 5.99. The largest absolute Gasteiger partial charge is 0.508 e. The zero-order valence-corrected chi connectivity index (χ0v) is 13.6. The van der Waals surface area contributed by atoms with Crippen molar-refractivity contribution in [3.63, 3.8) is 0 Å². The van der Waals surface area contributed by atoms with Crippen LogP contribution in [0.2, 0.25) is 0 Å². The Balaban J connectivity index is 1.99. The number of benzene rings is 3. The van der Waals surface area contributed by atoms with Gasteiger partial charge >= 0.3 is 0 Å². The lowest BCUT2D eigenvalue weighted by Gasteiger charge is -2.23. The molecule has 24 heavy (non-hydrogen) atoms. The first-order valence-electron chi connectivity index (χ1n) is 8.49. The van der Waals surface area contributed by atoms with E-state index in [0.717, 1.165) is 18.4 Å². The minimum Gasteiger partial charge on any atom is -0.508 e. The van der Waals surface area contributed by atoms with Gasteiger partial charge in [-0.3, -0.25) is 0 Å². The third kappa shape index (κ3) is 2.74. The predicted octanol–water partition coefficient (Wildman–Crippen LogP) is 5.69. The summed E-state index contributed by atoms with van der Waals surface area (Å²) in [6.07, 6.45) is 3.42. The van der Waals surface area contributed by atoms with Gasteiger partial charge in [-0.1, -0.05) is 66.7 Å². The van der Waals surface area contributed by atoms with Gasteiger partial charge < -0.3 is 5.11 Å². The Morgan fingerprint density at radius 2 is 1.33 bits per heavy atom. The Morgan fingerprint density at radius 1 is 0.667 bits per heavy atom. The first-order valence-corrected chi connectivity index (χ1v) is 8.49. The van der Waals surface area contributed by atoms with Crippen LogP contribution < -0.4 is 0 Å². The Hall–Kier alpha value is -2.80. The van der Waals surface area contributed by atoms with Crippen LogP contribution in [0.15, 0.2) is 78.9 Å². The van der Waals surface area contributed by atoms with Gasteiger partial charge in [0.1, 0.15) is 5.75 Å². The van der Waals surface area contributed by atoms with E-state index < -0.39 is 0 Å². The van der Waals surface area contributed by atoms with Crippen molar-refractivity contribution in [2.24, 2.45) is 0 Å². The van der Waals surface area contributed by atoms with Crippen molar-refractivity contribution in [3.05, 3.63) is 101 Å². The van der Waals surface area contributed by atoms with E-state index in [2.05, 4.69) is 54.6 Å². The number of phenolic OH excluding ortho intramolecular Hbond substituents is 1. The summed E-state index contributed by atoms with van der Waals surface area (Å²) < 4.78 is 0. The predicted molar refractivity (Wildman–Crippen MR) is 99.8 cm³/mol. The van der Waals surface area contributed by atoms with Crippen LogP contribution in [0.25, 0.3) is 11.1 Å². The number of allylic oxidation sites excluding steroid dienone is 1. The highest BCUT2D eigenvalue weighted by Crippen LogP contribution is 2.39. The zero-order chi connectivity index (χ0) is 16.4. The summed E-state index contributed by atoms with van der Waals surface area (Å²) in [4.78, 5) is 0. The first-order chi connectivity index (χ1) is 11.8. The monoisotopic (exact) mass is 312 g/mol. The molecule has 4 rings (SSSR count). The molecule has 1 aliphatic rings. The summed E-state index contributed by atoms with van der Waals surface area (Å²) in [6, 6.07) is 26.9. The van der Waals surface area contributed by atoms with Crippen LogP contribution in [0.5, 0.6) is 5.75 Å². The molecule has 0 saturated heterocycles. The minimum absolute atomic E-state index is 0.306. The number of hydrogen-bond donors (Lipinski definition) is 1. The Kier molecular flexibility index (Phi) is 3.92. The van der Waals surface area contributed by atoms with E-state index in [-0.39, 0.29) is 0 Å². The molecule has 0 amide bonds. The summed E-state index contributed by atoms with van der Waals surface area (Å²) in [7, 11) is 0. The SMILES string of the molecule is Oc1ccc(/C(=C2\CCCc3ccccc32)c2ccccc2)cc1. The molecular formula is C23H20O. The van der Waals surface area contributed by atoms with Crippen molar-refractivity contribution in [3.8, 4) is 5.75 Å². The van der Waals surface area contributed by atoms with Gasteiger partial charge in [-0.15, -0.1) is 0 Å². The second-order valence-electron chi connectivity index (χ2n) is 6.28. The lowest BCUT2D eigenvalue weighted by atomic mass is 9.81. The molecule has 0 heterocycles. The van der Waals surface area contributed by atoms with Gasteiger partial charge in [0, 0.05) is 0 Å². The lowest BCUT2D eigenvalue weighted by molar-refractivity contribution is 0.475. The standard InChI is InChI=1S/C23H20O/c24-20-15-13-19(14-16-20)23(18-8-2-1-3-9-18)22-12-6-10-17-7-4-5-11-21(17)22/h1-5,7-9,11,13-16,24H,6,10,12H2/b23-22+. The van der Waals surface area contributed by atoms with Crippen LogP contribution >= 0.6 is 0 Å². The van der Waals surface area contributed by atoms with E-state index in [1.807, 2.05) is 12.1 Å². The van der Waals surface area contributed by atoms with Crippen molar-refractivity contribution in [2.45, 2.75) is 19.3 Å².